The molecule has 3 rings (SSSR count). The van der Waals surface area contributed by atoms with Crippen molar-refractivity contribution in [2.45, 2.75) is 64.8 Å². The summed E-state index contributed by atoms with van der Waals surface area (Å²) >= 11 is 0. The number of hydrogen-bond acceptors (Lipinski definition) is 3. The lowest BCUT2D eigenvalue weighted by atomic mass is 10.0. The summed E-state index contributed by atoms with van der Waals surface area (Å²) in [4.78, 5) is 21.9. The standard InChI is InChI=1S/C24H39N5O/c1-3-5-16-28-17-13-21(14-18-28)27-24(25-4-2)26-15-8-11-23(30)29-19-12-20-9-6-7-10-22(20)29/h6-7,9-10,21H,3-5,8,11-19H2,1-2H3,(H2,25,26,27). The maximum atomic E-state index is 12.6. The monoisotopic (exact) mass is 413 g/mol. The predicted molar refractivity (Wildman–Crippen MR) is 125 cm³/mol. The van der Waals surface area contributed by atoms with Gasteiger partial charge in [-0.3, -0.25) is 9.79 Å². The molecule has 0 aliphatic carbocycles. The molecule has 0 saturated carbocycles. The van der Waals surface area contributed by atoms with E-state index in [0.29, 0.717) is 19.0 Å². The van der Waals surface area contributed by atoms with Gasteiger partial charge in [0.1, 0.15) is 0 Å². The Balaban J connectivity index is 1.40. The Morgan fingerprint density at radius 1 is 1.13 bits per heavy atom. The third kappa shape index (κ3) is 6.46. The van der Waals surface area contributed by atoms with Gasteiger partial charge in [0.2, 0.25) is 5.91 Å². The van der Waals surface area contributed by atoms with E-state index in [1.165, 1.54) is 50.9 Å². The Morgan fingerprint density at radius 2 is 1.93 bits per heavy atom. The molecule has 1 amide bonds. The van der Waals surface area contributed by atoms with E-state index in [1.807, 2.05) is 17.0 Å². The maximum Gasteiger partial charge on any atom is 0.227 e. The highest BCUT2D eigenvalue weighted by molar-refractivity contribution is 5.95. The zero-order chi connectivity index (χ0) is 21.2. The normalized spacial score (nSPS) is 17.8. The summed E-state index contributed by atoms with van der Waals surface area (Å²) < 4.78 is 0. The smallest absolute Gasteiger partial charge is 0.227 e. The summed E-state index contributed by atoms with van der Waals surface area (Å²) in [6, 6.07) is 8.72. The van der Waals surface area contributed by atoms with Crippen LogP contribution in [0.3, 0.4) is 0 Å². The molecule has 2 heterocycles. The number of carbonyl (C=O) groups excluding carboxylic acids is 1. The van der Waals surface area contributed by atoms with Crippen LogP contribution in [0.15, 0.2) is 29.3 Å². The molecular formula is C24H39N5O. The third-order valence-electron chi connectivity index (χ3n) is 6.11. The minimum atomic E-state index is 0.215. The van der Waals surface area contributed by atoms with Crippen LogP contribution in [0.5, 0.6) is 0 Å². The molecule has 2 aliphatic heterocycles. The van der Waals surface area contributed by atoms with Crippen molar-refractivity contribution < 1.29 is 4.79 Å². The second-order valence-corrected chi connectivity index (χ2v) is 8.40. The number of nitrogens with zero attached hydrogens (tertiary/aromatic N) is 3. The van der Waals surface area contributed by atoms with Crippen LogP contribution in [0.1, 0.15) is 57.9 Å². The number of carbonyl (C=O) groups is 1. The fraction of sp³-hybridized carbons (Fsp3) is 0.667. The molecular weight excluding hydrogens is 374 g/mol. The Morgan fingerprint density at radius 3 is 2.70 bits per heavy atom. The molecule has 166 valence electrons. The third-order valence-corrected chi connectivity index (χ3v) is 6.11. The number of benzene rings is 1. The molecule has 1 aromatic carbocycles. The fourth-order valence-corrected chi connectivity index (χ4v) is 4.35. The summed E-state index contributed by atoms with van der Waals surface area (Å²) in [6.45, 7) is 10.3. The van der Waals surface area contributed by atoms with Gasteiger partial charge in [0.05, 0.1) is 0 Å². The van der Waals surface area contributed by atoms with Gasteiger partial charge in [-0.15, -0.1) is 0 Å². The maximum absolute atomic E-state index is 12.6. The van der Waals surface area contributed by atoms with E-state index in [9.17, 15) is 4.79 Å². The van der Waals surface area contributed by atoms with Crippen molar-refractivity contribution >= 4 is 17.6 Å². The lowest BCUT2D eigenvalue weighted by Crippen LogP contribution is -2.48. The summed E-state index contributed by atoms with van der Waals surface area (Å²) in [5, 5.41) is 6.97. The van der Waals surface area contributed by atoms with Gasteiger partial charge in [-0.25, -0.2) is 0 Å². The molecule has 2 aliphatic rings. The number of unbranched alkanes of at least 4 members (excludes halogenated alkanes) is 1. The zero-order valence-corrected chi connectivity index (χ0v) is 18.8. The molecule has 6 heteroatoms. The van der Waals surface area contributed by atoms with Gasteiger partial charge in [0.25, 0.3) is 0 Å². The van der Waals surface area contributed by atoms with Gasteiger partial charge in [-0.1, -0.05) is 31.5 Å². The number of fused-ring (bicyclic) bond motifs is 1. The van der Waals surface area contributed by atoms with Crippen LogP contribution in [0.2, 0.25) is 0 Å². The molecule has 0 atom stereocenters. The summed E-state index contributed by atoms with van der Waals surface area (Å²) in [5.74, 6) is 1.11. The number of rotatable bonds is 9. The highest BCUT2D eigenvalue weighted by Gasteiger charge is 2.23. The highest BCUT2D eigenvalue weighted by Crippen LogP contribution is 2.28. The molecule has 0 bridgehead atoms. The topological polar surface area (TPSA) is 60.0 Å². The van der Waals surface area contributed by atoms with Crippen LogP contribution >= 0.6 is 0 Å². The number of para-hydroxylation sites is 1. The van der Waals surface area contributed by atoms with E-state index in [0.717, 1.165) is 37.6 Å². The Labute approximate surface area is 182 Å². The highest BCUT2D eigenvalue weighted by atomic mass is 16.2. The Kier molecular flexibility index (Phi) is 9.00. The van der Waals surface area contributed by atoms with E-state index < -0.39 is 0 Å². The molecule has 1 saturated heterocycles. The average Bonchev–Trinajstić information content (AvgIpc) is 3.20. The fourth-order valence-electron chi connectivity index (χ4n) is 4.35. The minimum absolute atomic E-state index is 0.215. The average molecular weight is 414 g/mol. The van der Waals surface area contributed by atoms with Crippen molar-refractivity contribution in [2.24, 2.45) is 4.99 Å². The van der Waals surface area contributed by atoms with Crippen molar-refractivity contribution in [3.63, 3.8) is 0 Å². The van der Waals surface area contributed by atoms with Gasteiger partial charge in [0.15, 0.2) is 5.96 Å². The van der Waals surface area contributed by atoms with Crippen molar-refractivity contribution in [1.29, 1.82) is 0 Å². The molecule has 30 heavy (non-hydrogen) atoms. The number of guanidine groups is 1. The van der Waals surface area contributed by atoms with E-state index >= 15 is 0 Å². The van der Waals surface area contributed by atoms with Crippen LogP contribution in [0, 0.1) is 0 Å². The summed E-state index contributed by atoms with van der Waals surface area (Å²) in [5.41, 5.74) is 2.37. The molecule has 1 aromatic rings. The number of nitrogens with one attached hydrogen (secondary N) is 2. The number of aliphatic imine (C=N–C) groups is 1. The number of piperidine rings is 1. The molecule has 0 radical (unpaired) electrons. The lowest BCUT2D eigenvalue weighted by molar-refractivity contribution is -0.118. The van der Waals surface area contributed by atoms with E-state index in [1.54, 1.807) is 0 Å². The van der Waals surface area contributed by atoms with E-state index in [4.69, 9.17) is 4.99 Å². The van der Waals surface area contributed by atoms with E-state index in [-0.39, 0.29) is 5.91 Å². The SMILES string of the molecule is CCCCN1CCC(NC(=NCCCC(=O)N2CCc3ccccc32)NCC)CC1. The van der Waals surface area contributed by atoms with Crippen molar-refractivity contribution in [3.05, 3.63) is 29.8 Å². The molecule has 6 nitrogen and oxygen atoms in total. The molecule has 0 unspecified atom stereocenters. The van der Waals surface area contributed by atoms with Crippen molar-refractivity contribution in [1.82, 2.24) is 15.5 Å². The van der Waals surface area contributed by atoms with Crippen molar-refractivity contribution in [2.75, 3.05) is 44.2 Å². The largest absolute Gasteiger partial charge is 0.357 e. The van der Waals surface area contributed by atoms with Crippen LogP contribution in [-0.2, 0) is 11.2 Å². The first-order valence-corrected chi connectivity index (χ1v) is 11.9. The van der Waals surface area contributed by atoms with Crippen LogP contribution < -0.4 is 15.5 Å². The minimum Gasteiger partial charge on any atom is -0.357 e. The van der Waals surface area contributed by atoms with Gasteiger partial charge >= 0.3 is 0 Å². The molecule has 0 aromatic heterocycles. The number of likely N-dealkylation sites (tertiary alicyclic amines) is 1. The molecule has 1 fully saturated rings. The summed E-state index contributed by atoms with van der Waals surface area (Å²) in [6.07, 6.45) is 7.19. The quantitative estimate of drug-likeness (QED) is 0.371. The second-order valence-electron chi connectivity index (χ2n) is 8.40. The zero-order valence-electron chi connectivity index (χ0n) is 18.8. The van der Waals surface area contributed by atoms with Crippen LogP contribution in [0.25, 0.3) is 0 Å². The first kappa shape index (κ1) is 22.6. The molecule has 2 N–H and O–H groups in total. The van der Waals surface area contributed by atoms with Crippen molar-refractivity contribution in [3.8, 4) is 0 Å². The van der Waals surface area contributed by atoms with Gasteiger partial charge in [-0.2, -0.15) is 0 Å². The Bertz CT molecular complexity index is 697. The van der Waals surface area contributed by atoms with Gasteiger partial charge in [-0.05, 0) is 57.2 Å². The number of amides is 1. The predicted octanol–water partition coefficient (Wildman–Crippen LogP) is 3.18. The first-order chi connectivity index (χ1) is 14.7. The summed E-state index contributed by atoms with van der Waals surface area (Å²) in [7, 11) is 0. The first-order valence-electron chi connectivity index (χ1n) is 11.9. The van der Waals surface area contributed by atoms with Crippen LogP contribution in [-0.4, -0.2) is 62.1 Å². The second kappa shape index (κ2) is 11.9. The number of hydrogen-bond donors (Lipinski definition) is 2. The van der Waals surface area contributed by atoms with Crippen LogP contribution in [0.4, 0.5) is 5.69 Å². The number of anilines is 1. The lowest BCUT2D eigenvalue weighted by Gasteiger charge is -2.33. The van der Waals surface area contributed by atoms with E-state index in [2.05, 4.69) is 41.5 Å². The Hall–Kier alpha value is -2.08. The van der Waals surface area contributed by atoms with Gasteiger partial charge < -0.3 is 20.4 Å². The molecule has 0 spiro atoms. The van der Waals surface area contributed by atoms with Gasteiger partial charge in [0, 0.05) is 50.9 Å².